The second-order valence-electron chi connectivity index (χ2n) is 5.21. The first-order valence-electron chi connectivity index (χ1n) is 7.51. The highest BCUT2D eigenvalue weighted by atomic mass is 79.9. The van der Waals surface area contributed by atoms with Crippen molar-refractivity contribution >= 4 is 27.5 Å². The van der Waals surface area contributed by atoms with Gasteiger partial charge in [0, 0.05) is 10.7 Å². The third-order valence-electron chi connectivity index (χ3n) is 3.42. The van der Waals surface area contributed by atoms with Gasteiger partial charge in [-0.05, 0) is 42.0 Å². The summed E-state index contributed by atoms with van der Waals surface area (Å²) in [6, 6.07) is 22.8. The molecule has 5 heteroatoms. The number of halogens is 1. The molecule has 120 valence electrons. The molecule has 1 amide bonds. The van der Waals surface area contributed by atoms with Crippen LogP contribution < -0.4 is 5.43 Å². The average molecular weight is 382 g/mol. The number of anilines is 1. The fourth-order valence-electron chi connectivity index (χ4n) is 2.23. The van der Waals surface area contributed by atoms with Gasteiger partial charge in [-0.1, -0.05) is 52.3 Å². The molecule has 0 atom stereocenters. The predicted molar refractivity (Wildman–Crippen MR) is 98.3 cm³/mol. The molecule has 1 N–H and O–H groups in total. The summed E-state index contributed by atoms with van der Waals surface area (Å²) >= 11 is 3.42. The van der Waals surface area contributed by atoms with Crippen LogP contribution in [0.2, 0.25) is 0 Å². The van der Waals surface area contributed by atoms with E-state index in [9.17, 15) is 4.79 Å². The molecule has 1 aromatic heterocycles. The van der Waals surface area contributed by atoms with E-state index in [0.29, 0.717) is 12.2 Å². The van der Waals surface area contributed by atoms with Gasteiger partial charge in [-0.3, -0.25) is 15.2 Å². The van der Waals surface area contributed by atoms with E-state index < -0.39 is 0 Å². The minimum atomic E-state index is -0.178. The number of hydrogen-bond acceptors (Lipinski definition) is 3. The van der Waals surface area contributed by atoms with Crippen molar-refractivity contribution in [2.24, 2.45) is 0 Å². The molecule has 0 aliphatic rings. The molecule has 0 saturated carbocycles. The van der Waals surface area contributed by atoms with Crippen molar-refractivity contribution in [2.75, 3.05) is 5.43 Å². The van der Waals surface area contributed by atoms with Crippen LogP contribution >= 0.6 is 15.9 Å². The largest absolute Gasteiger partial charge is 0.295 e. The zero-order chi connectivity index (χ0) is 16.8. The number of benzene rings is 2. The lowest BCUT2D eigenvalue weighted by Crippen LogP contribution is -2.36. The Morgan fingerprint density at radius 2 is 1.67 bits per heavy atom. The van der Waals surface area contributed by atoms with Crippen LogP contribution in [0.5, 0.6) is 0 Å². The lowest BCUT2D eigenvalue weighted by atomic mass is 10.2. The summed E-state index contributed by atoms with van der Waals surface area (Å²) in [5.74, 6) is -0.178. The van der Waals surface area contributed by atoms with Gasteiger partial charge in [0.2, 0.25) is 0 Å². The van der Waals surface area contributed by atoms with Gasteiger partial charge < -0.3 is 0 Å². The molecule has 4 nitrogen and oxygen atoms in total. The van der Waals surface area contributed by atoms with Crippen LogP contribution in [-0.2, 0) is 6.54 Å². The van der Waals surface area contributed by atoms with Crippen LogP contribution in [0.3, 0.4) is 0 Å². The Morgan fingerprint density at radius 3 is 2.33 bits per heavy atom. The second-order valence-corrected chi connectivity index (χ2v) is 6.13. The molecular formula is C19H16BrN3O. The maximum atomic E-state index is 12.8. The second kappa shape index (κ2) is 7.75. The summed E-state index contributed by atoms with van der Waals surface area (Å²) in [5, 5.41) is 1.57. The standard InChI is InChI=1S/C19H16BrN3O/c20-16-11-9-15(10-12-16)14-23(22-17-6-2-1-3-7-17)19(24)18-8-4-5-13-21-18/h1-13,22H,14H2. The minimum Gasteiger partial charge on any atom is -0.295 e. The number of hydrazine groups is 1. The molecule has 0 bridgehead atoms. The molecule has 1 heterocycles. The van der Waals surface area contributed by atoms with Crippen molar-refractivity contribution in [3.63, 3.8) is 0 Å². The lowest BCUT2D eigenvalue weighted by Gasteiger charge is -2.24. The minimum absolute atomic E-state index is 0.178. The van der Waals surface area contributed by atoms with Crippen LogP contribution in [0, 0.1) is 0 Å². The van der Waals surface area contributed by atoms with Gasteiger partial charge in [-0.25, -0.2) is 5.01 Å². The zero-order valence-electron chi connectivity index (χ0n) is 12.9. The van der Waals surface area contributed by atoms with Crippen LogP contribution in [0.15, 0.2) is 83.5 Å². The van der Waals surface area contributed by atoms with Crippen molar-refractivity contribution in [1.29, 1.82) is 0 Å². The molecule has 24 heavy (non-hydrogen) atoms. The lowest BCUT2D eigenvalue weighted by molar-refractivity contribution is 0.0777. The van der Waals surface area contributed by atoms with Crippen molar-refractivity contribution in [1.82, 2.24) is 9.99 Å². The molecule has 3 aromatic rings. The molecule has 0 spiro atoms. The summed E-state index contributed by atoms with van der Waals surface area (Å²) in [5.41, 5.74) is 5.44. The van der Waals surface area contributed by atoms with Crippen molar-refractivity contribution in [3.05, 3.63) is 94.7 Å². The third kappa shape index (κ3) is 4.20. The van der Waals surface area contributed by atoms with Crippen LogP contribution in [0.25, 0.3) is 0 Å². The Balaban J connectivity index is 1.85. The van der Waals surface area contributed by atoms with Crippen molar-refractivity contribution in [3.8, 4) is 0 Å². The summed E-state index contributed by atoms with van der Waals surface area (Å²) in [6.45, 7) is 0.428. The number of amides is 1. The van der Waals surface area contributed by atoms with E-state index in [2.05, 4.69) is 26.3 Å². The van der Waals surface area contributed by atoms with E-state index >= 15 is 0 Å². The van der Waals surface area contributed by atoms with Crippen LogP contribution in [0.4, 0.5) is 5.69 Å². The topological polar surface area (TPSA) is 45.2 Å². The normalized spacial score (nSPS) is 10.2. The Bertz CT molecular complexity index is 792. The molecule has 0 saturated heterocycles. The molecule has 3 rings (SSSR count). The van der Waals surface area contributed by atoms with Crippen LogP contribution in [-0.4, -0.2) is 15.9 Å². The SMILES string of the molecule is O=C(c1ccccn1)N(Cc1ccc(Br)cc1)Nc1ccccc1. The van der Waals surface area contributed by atoms with Gasteiger partial charge in [0.15, 0.2) is 0 Å². The smallest absolute Gasteiger partial charge is 0.291 e. The fraction of sp³-hybridized carbons (Fsp3) is 0.0526. The number of nitrogens with zero attached hydrogens (tertiary/aromatic N) is 2. The summed E-state index contributed by atoms with van der Waals surface area (Å²) in [6.07, 6.45) is 1.62. The summed E-state index contributed by atoms with van der Waals surface area (Å²) in [4.78, 5) is 17.0. The van der Waals surface area contributed by atoms with Gasteiger partial charge in [0.25, 0.3) is 5.91 Å². The van der Waals surface area contributed by atoms with E-state index in [0.717, 1.165) is 15.7 Å². The van der Waals surface area contributed by atoms with Crippen molar-refractivity contribution in [2.45, 2.75) is 6.54 Å². The van der Waals surface area contributed by atoms with Crippen molar-refractivity contribution < 1.29 is 4.79 Å². The first-order chi connectivity index (χ1) is 11.7. The highest BCUT2D eigenvalue weighted by Crippen LogP contribution is 2.15. The van der Waals surface area contributed by atoms with Gasteiger partial charge in [-0.2, -0.15) is 0 Å². The number of aromatic nitrogens is 1. The average Bonchev–Trinajstić information content (AvgIpc) is 2.64. The van der Waals surface area contributed by atoms with Gasteiger partial charge >= 0.3 is 0 Å². The Hall–Kier alpha value is -2.66. The maximum Gasteiger partial charge on any atom is 0.291 e. The number of rotatable bonds is 5. The Kier molecular flexibility index (Phi) is 5.23. The van der Waals surface area contributed by atoms with E-state index in [1.54, 1.807) is 29.4 Å². The number of carbonyl (C=O) groups excluding carboxylic acids is 1. The highest BCUT2D eigenvalue weighted by Gasteiger charge is 2.17. The first kappa shape index (κ1) is 16.2. The monoisotopic (exact) mass is 381 g/mol. The van der Waals surface area contributed by atoms with E-state index in [1.807, 2.05) is 54.6 Å². The maximum absolute atomic E-state index is 12.8. The number of pyridine rings is 1. The Labute approximate surface area is 149 Å². The number of para-hydroxylation sites is 1. The molecule has 2 aromatic carbocycles. The van der Waals surface area contributed by atoms with E-state index in [-0.39, 0.29) is 5.91 Å². The quantitative estimate of drug-likeness (QED) is 0.661. The van der Waals surface area contributed by atoms with Crippen LogP contribution in [0.1, 0.15) is 16.1 Å². The molecule has 0 radical (unpaired) electrons. The Morgan fingerprint density at radius 1 is 0.958 bits per heavy atom. The van der Waals surface area contributed by atoms with Gasteiger partial charge in [-0.15, -0.1) is 0 Å². The third-order valence-corrected chi connectivity index (χ3v) is 3.95. The number of hydrogen-bond donors (Lipinski definition) is 1. The molecule has 0 aliphatic heterocycles. The predicted octanol–water partition coefficient (Wildman–Crippen LogP) is 4.51. The molecule has 0 fully saturated rings. The first-order valence-corrected chi connectivity index (χ1v) is 8.31. The highest BCUT2D eigenvalue weighted by molar-refractivity contribution is 9.10. The fourth-order valence-corrected chi connectivity index (χ4v) is 2.49. The van der Waals surface area contributed by atoms with Gasteiger partial charge in [0.05, 0.1) is 12.2 Å². The van der Waals surface area contributed by atoms with E-state index in [4.69, 9.17) is 0 Å². The number of carbonyl (C=O) groups is 1. The van der Waals surface area contributed by atoms with Gasteiger partial charge in [0.1, 0.15) is 5.69 Å². The van der Waals surface area contributed by atoms with E-state index in [1.165, 1.54) is 0 Å². The molecule has 0 unspecified atom stereocenters. The number of nitrogens with one attached hydrogen (secondary N) is 1. The zero-order valence-corrected chi connectivity index (χ0v) is 14.5. The summed E-state index contributed by atoms with van der Waals surface area (Å²) < 4.78 is 1.00. The molecular weight excluding hydrogens is 366 g/mol. The summed E-state index contributed by atoms with van der Waals surface area (Å²) in [7, 11) is 0. The molecule has 0 aliphatic carbocycles.